The van der Waals surface area contributed by atoms with E-state index in [1.807, 2.05) is 11.0 Å². The highest BCUT2D eigenvalue weighted by molar-refractivity contribution is 5.76. The number of aromatic nitrogens is 1. The lowest BCUT2D eigenvalue weighted by molar-refractivity contribution is -0.131. The number of nitrogens with zero attached hydrogens (tertiary/aromatic N) is 3. The van der Waals surface area contributed by atoms with Gasteiger partial charge in [-0.3, -0.25) is 4.79 Å². The minimum atomic E-state index is 0.179. The average Bonchev–Trinajstić information content (AvgIpc) is 2.48. The monoisotopic (exact) mass is 277 g/mol. The summed E-state index contributed by atoms with van der Waals surface area (Å²) in [5.74, 6) is 1.32. The van der Waals surface area contributed by atoms with Crippen molar-refractivity contribution in [3.63, 3.8) is 0 Å². The maximum absolute atomic E-state index is 12.0. The summed E-state index contributed by atoms with van der Waals surface area (Å²) in [4.78, 5) is 20.3. The fourth-order valence-electron chi connectivity index (χ4n) is 2.43. The third-order valence-electron chi connectivity index (χ3n) is 3.68. The molecule has 2 rings (SSSR count). The molecule has 1 fully saturated rings. The molecular formula is C15H23N3O2. The van der Waals surface area contributed by atoms with Crippen LogP contribution in [-0.2, 0) is 4.79 Å². The molecular weight excluding hydrogens is 254 g/mol. The number of pyridine rings is 1. The zero-order valence-electron chi connectivity index (χ0n) is 12.1. The molecule has 1 amide bonds. The summed E-state index contributed by atoms with van der Waals surface area (Å²) in [7, 11) is 0. The smallest absolute Gasteiger partial charge is 0.222 e. The lowest BCUT2D eigenvalue weighted by Crippen LogP contribution is -2.49. The van der Waals surface area contributed by atoms with Crippen LogP contribution < -0.4 is 4.90 Å². The fraction of sp³-hybridized carbons (Fsp3) is 0.600. The van der Waals surface area contributed by atoms with Crippen molar-refractivity contribution < 1.29 is 9.90 Å². The zero-order chi connectivity index (χ0) is 14.4. The molecule has 1 aliphatic rings. The van der Waals surface area contributed by atoms with Crippen molar-refractivity contribution in [3.05, 3.63) is 18.3 Å². The van der Waals surface area contributed by atoms with E-state index in [1.165, 1.54) is 6.20 Å². The van der Waals surface area contributed by atoms with Crippen LogP contribution in [0.2, 0.25) is 0 Å². The highest BCUT2D eigenvalue weighted by Gasteiger charge is 2.21. The highest BCUT2D eigenvalue weighted by atomic mass is 16.3. The lowest BCUT2D eigenvalue weighted by atomic mass is 10.2. The molecule has 0 atom stereocenters. The van der Waals surface area contributed by atoms with E-state index in [-0.39, 0.29) is 11.7 Å². The zero-order valence-corrected chi connectivity index (χ0v) is 12.1. The van der Waals surface area contributed by atoms with E-state index in [0.717, 1.165) is 51.3 Å². The summed E-state index contributed by atoms with van der Waals surface area (Å²) in [6.45, 7) is 5.27. The number of carbonyl (C=O) groups excluding carboxylic acids is 1. The Hall–Kier alpha value is -1.78. The summed E-state index contributed by atoms with van der Waals surface area (Å²) >= 11 is 0. The van der Waals surface area contributed by atoms with Crippen LogP contribution in [0.15, 0.2) is 18.3 Å². The number of rotatable bonds is 5. The van der Waals surface area contributed by atoms with Crippen molar-refractivity contribution >= 4 is 11.7 Å². The Morgan fingerprint density at radius 3 is 2.60 bits per heavy atom. The maximum atomic E-state index is 12.0. The number of hydrogen-bond acceptors (Lipinski definition) is 4. The van der Waals surface area contributed by atoms with Crippen LogP contribution in [0.1, 0.15) is 32.6 Å². The van der Waals surface area contributed by atoms with Crippen LogP contribution in [0.3, 0.4) is 0 Å². The first-order valence-corrected chi connectivity index (χ1v) is 7.38. The number of anilines is 1. The molecule has 1 N–H and O–H groups in total. The topological polar surface area (TPSA) is 56.7 Å². The van der Waals surface area contributed by atoms with E-state index >= 15 is 0 Å². The molecule has 1 aromatic heterocycles. The van der Waals surface area contributed by atoms with Crippen molar-refractivity contribution in [1.82, 2.24) is 9.88 Å². The summed E-state index contributed by atoms with van der Waals surface area (Å²) in [6, 6.07) is 3.46. The van der Waals surface area contributed by atoms with Gasteiger partial charge in [-0.15, -0.1) is 0 Å². The Bertz CT molecular complexity index is 425. The quantitative estimate of drug-likeness (QED) is 0.837. The van der Waals surface area contributed by atoms with Crippen molar-refractivity contribution in [2.24, 2.45) is 0 Å². The van der Waals surface area contributed by atoms with E-state index in [2.05, 4.69) is 16.8 Å². The minimum Gasteiger partial charge on any atom is -0.506 e. The summed E-state index contributed by atoms with van der Waals surface area (Å²) < 4.78 is 0. The molecule has 0 bridgehead atoms. The standard InChI is InChI=1S/C15H23N3O2/c1-2-3-4-5-15(20)18-10-8-17(9-11-18)14-7-6-13(19)12-16-14/h6-7,12,19H,2-5,8-11H2,1H3. The second-order valence-corrected chi connectivity index (χ2v) is 5.20. The second kappa shape index (κ2) is 7.12. The van der Waals surface area contributed by atoms with Crippen LogP contribution >= 0.6 is 0 Å². The van der Waals surface area contributed by atoms with Crippen molar-refractivity contribution in [2.45, 2.75) is 32.6 Å². The third-order valence-corrected chi connectivity index (χ3v) is 3.68. The SMILES string of the molecule is CCCCCC(=O)N1CCN(c2ccc(O)cn2)CC1. The number of carbonyl (C=O) groups is 1. The molecule has 110 valence electrons. The number of amides is 1. The Kier molecular flexibility index (Phi) is 5.21. The van der Waals surface area contributed by atoms with Gasteiger partial charge in [0.1, 0.15) is 11.6 Å². The van der Waals surface area contributed by atoms with E-state index in [9.17, 15) is 9.90 Å². The van der Waals surface area contributed by atoms with Gasteiger partial charge in [-0.2, -0.15) is 0 Å². The van der Waals surface area contributed by atoms with Gasteiger partial charge >= 0.3 is 0 Å². The molecule has 1 saturated heterocycles. The van der Waals surface area contributed by atoms with Gasteiger partial charge in [0.25, 0.3) is 0 Å². The van der Waals surface area contributed by atoms with E-state index in [4.69, 9.17) is 0 Å². The van der Waals surface area contributed by atoms with Gasteiger partial charge < -0.3 is 14.9 Å². The molecule has 0 spiro atoms. The first kappa shape index (κ1) is 14.6. The molecule has 0 aromatic carbocycles. The number of aromatic hydroxyl groups is 1. The largest absolute Gasteiger partial charge is 0.506 e. The van der Waals surface area contributed by atoms with Crippen LogP contribution in [0.5, 0.6) is 5.75 Å². The molecule has 1 aromatic rings. The van der Waals surface area contributed by atoms with Gasteiger partial charge in [0.05, 0.1) is 6.20 Å². The number of hydrogen-bond donors (Lipinski definition) is 1. The first-order valence-electron chi connectivity index (χ1n) is 7.38. The fourth-order valence-corrected chi connectivity index (χ4v) is 2.43. The molecule has 20 heavy (non-hydrogen) atoms. The Labute approximate surface area is 120 Å². The third kappa shape index (κ3) is 3.85. The summed E-state index contributed by atoms with van der Waals surface area (Å²) in [5.41, 5.74) is 0. The molecule has 5 heteroatoms. The van der Waals surface area contributed by atoms with Gasteiger partial charge in [0.2, 0.25) is 5.91 Å². The lowest BCUT2D eigenvalue weighted by Gasteiger charge is -2.35. The molecule has 2 heterocycles. The van der Waals surface area contributed by atoms with Crippen molar-refractivity contribution in [1.29, 1.82) is 0 Å². The van der Waals surface area contributed by atoms with Crippen LogP contribution in [0.25, 0.3) is 0 Å². The Balaban J connectivity index is 1.80. The molecule has 1 aliphatic heterocycles. The van der Waals surface area contributed by atoms with Gasteiger partial charge in [0, 0.05) is 32.6 Å². The van der Waals surface area contributed by atoms with Crippen molar-refractivity contribution in [2.75, 3.05) is 31.1 Å². The molecule has 5 nitrogen and oxygen atoms in total. The molecule has 0 aliphatic carbocycles. The van der Waals surface area contributed by atoms with Crippen molar-refractivity contribution in [3.8, 4) is 5.75 Å². The predicted molar refractivity (Wildman–Crippen MR) is 78.8 cm³/mol. The Morgan fingerprint density at radius 2 is 2.00 bits per heavy atom. The van der Waals surface area contributed by atoms with Gasteiger partial charge in [-0.1, -0.05) is 19.8 Å². The summed E-state index contributed by atoms with van der Waals surface area (Å²) in [6.07, 6.45) is 5.40. The van der Waals surface area contributed by atoms with E-state index in [0.29, 0.717) is 6.42 Å². The average molecular weight is 277 g/mol. The van der Waals surface area contributed by atoms with Gasteiger partial charge in [0.15, 0.2) is 0 Å². The molecule has 0 unspecified atom stereocenters. The normalized spacial score (nSPS) is 15.4. The van der Waals surface area contributed by atoms with E-state index < -0.39 is 0 Å². The van der Waals surface area contributed by atoms with Gasteiger partial charge in [-0.25, -0.2) is 4.98 Å². The first-order chi connectivity index (χ1) is 9.70. The van der Waals surface area contributed by atoms with Gasteiger partial charge in [-0.05, 0) is 18.6 Å². The van der Waals surface area contributed by atoms with E-state index in [1.54, 1.807) is 6.07 Å². The van der Waals surface area contributed by atoms with Crippen LogP contribution in [0.4, 0.5) is 5.82 Å². The highest BCUT2D eigenvalue weighted by Crippen LogP contribution is 2.17. The minimum absolute atomic E-state index is 0.179. The van der Waals surface area contributed by atoms with Crippen LogP contribution in [0, 0.1) is 0 Å². The predicted octanol–water partition coefficient (Wildman–Crippen LogP) is 2.02. The molecule has 0 saturated carbocycles. The number of piperazine rings is 1. The Morgan fingerprint density at radius 1 is 1.25 bits per heavy atom. The molecule has 0 radical (unpaired) electrons. The van der Waals surface area contributed by atoms with Crippen LogP contribution in [-0.4, -0.2) is 47.1 Å². The summed E-state index contributed by atoms with van der Waals surface area (Å²) in [5, 5.41) is 9.24. The second-order valence-electron chi connectivity index (χ2n) is 5.20. The maximum Gasteiger partial charge on any atom is 0.222 e. The number of unbranched alkanes of at least 4 members (excludes halogenated alkanes) is 2.